The Kier molecular flexibility index (Phi) is 10.8. The van der Waals surface area contributed by atoms with Crippen LogP contribution in [-0.2, 0) is 13.1 Å². The van der Waals surface area contributed by atoms with Crippen molar-refractivity contribution in [2.24, 2.45) is 25.4 Å². The third-order valence-corrected chi connectivity index (χ3v) is 3.34. The SMILES string of the molecule is C1=C(/C=N/N=C\c2ccccc2)N=C(/C=N/N=C\c2ccccc2)C1.[Cl][Fe][Cl]. The monoisotopic (exact) mass is 453 g/mol. The molecule has 0 aliphatic carbocycles. The molecule has 0 unspecified atom stereocenters. The summed E-state index contributed by atoms with van der Waals surface area (Å²) in [5, 5.41) is 16.1. The topological polar surface area (TPSA) is 61.8 Å². The van der Waals surface area contributed by atoms with Crippen molar-refractivity contribution in [3.8, 4) is 0 Å². The van der Waals surface area contributed by atoms with Gasteiger partial charge in [0.25, 0.3) is 0 Å². The number of rotatable bonds is 6. The Morgan fingerprint density at radius 3 is 1.71 bits per heavy atom. The fourth-order valence-electron chi connectivity index (χ4n) is 2.10. The number of allylic oxidation sites excluding steroid dienone is 2. The summed E-state index contributed by atoms with van der Waals surface area (Å²) in [7, 11) is 9.53. The minimum atomic E-state index is 0.194. The summed E-state index contributed by atoms with van der Waals surface area (Å²) in [6, 6.07) is 19.6. The Bertz CT molecular complexity index is 891. The van der Waals surface area contributed by atoms with E-state index in [4.69, 9.17) is 20.2 Å². The Morgan fingerprint density at radius 1 is 0.714 bits per heavy atom. The third kappa shape index (κ3) is 9.02. The minimum absolute atomic E-state index is 0.194. The summed E-state index contributed by atoms with van der Waals surface area (Å²) >= 11 is 0.194. The molecule has 0 saturated heterocycles. The molecule has 3 rings (SSSR count). The maximum atomic E-state index is 4.76. The van der Waals surface area contributed by atoms with Gasteiger partial charge in [-0.3, -0.25) is 4.99 Å². The first-order valence-corrected chi connectivity index (χ1v) is 11.2. The van der Waals surface area contributed by atoms with E-state index in [2.05, 4.69) is 25.4 Å². The molecule has 144 valence electrons. The number of nitrogens with zero attached hydrogens (tertiary/aromatic N) is 5. The van der Waals surface area contributed by atoms with Crippen LogP contribution in [0.1, 0.15) is 17.5 Å². The van der Waals surface area contributed by atoms with Crippen molar-refractivity contribution in [1.29, 1.82) is 0 Å². The number of benzene rings is 2. The molecule has 0 atom stereocenters. The Balaban J connectivity index is 0.000000878. The molecular weight excluding hydrogens is 437 g/mol. The van der Waals surface area contributed by atoms with Gasteiger partial charge in [0.05, 0.1) is 36.3 Å². The van der Waals surface area contributed by atoms with Crippen LogP contribution in [0.5, 0.6) is 0 Å². The fourth-order valence-corrected chi connectivity index (χ4v) is 2.10. The van der Waals surface area contributed by atoms with E-state index in [0.29, 0.717) is 6.42 Å². The maximum absolute atomic E-state index is 4.76. The van der Waals surface area contributed by atoms with Gasteiger partial charge in [-0.05, 0) is 11.1 Å². The molecule has 0 N–H and O–H groups in total. The van der Waals surface area contributed by atoms with Crippen LogP contribution < -0.4 is 0 Å². The summed E-state index contributed by atoms with van der Waals surface area (Å²) in [6.07, 6.45) is 9.39. The van der Waals surface area contributed by atoms with Crippen LogP contribution in [0.25, 0.3) is 0 Å². The van der Waals surface area contributed by atoms with Gasteiger partial charge in [-0.25, -0.2) is 0 Å². The van der Waals surface area contributed by atoms with Crippen molar-refractivity contribution in [2.45, 2.75) is 6.42 Å². The normalized spacial score (nSPS) is 14.1. The molecule has 0 spiro atoms. The first-order chi connectivity index (χ1) is 13.8. The van der Waals surface area contributed by atoms with E-state index >= 15 is 0 Å². The van der Waals surface area contributed by atoms with Crippen LogP contribution >= 0.6 is 20.2 Å². The fraction of sp³-hybridized carbons (Fsp3) is 0.0500. The van der Waals surface area contributed by atoms with Crippen molar-refractivity contribution >= 4 is 50.8 Å². The third-order valence-electron chi connectivity index (χ3n) is 3.34. The Hall–Kier alpha value is -2.37. The first kappa shape index (κ1) is 21.9. The van der Waals surface area contributed by atoms with Crippen LogP contribution in [0.2, 0.25) is 0 Å². The summed E-state index contributed by atoms with van der Waals surface area (Å²) in [5.41, 5.74) is 3.64. The zero-order valence-electron chi connectivity index (χ0n) is 14.7. The van der Waals surface area contributed by atoms with E-state index in [-0.39, 0.29) is 13.1 Å². The summed E-state index contributed by atoms with van der Waals surface area (Å²) in [5.74, 6) is 0. The van der Waals surface area contributed by atoms with Gasteiger partial charge in [0.1, 0.15) is 0 Å². The molecular formula is C20H17Cl2FeN5. The van der Waals surface area contributed by atoms with E-state index in [1.54, 1.807) is 24.9 Å². The standard InChI is InChI=1S/C20H17N5.2ClH.Fe/c1-3-7-17(8-4-1)13-21-23-15-19-11-12-20(25-19)16-24-22-14-18-9-5-2-6-10-18;;;/h1-11,13-16H,12H2;2*1H;/q;;;+2/p-2/b21-13-,22-14-,23-15+,24-16+;;;. The predicted octanol–water partition coefficient (Wildman–Crippen LogP) is 5.30. The van der Waals surface area contributed by atoms with Gasteiger partial charge < -0.3 is 0 Å². The molecule has 0 amide bonds. The molecule has 0 saturated carbocycles. The molecule has 0 fully saturated rings. The summed E-state index contributed by atoms with van der Waals surface area (Å²) in [4.78, 5) is 4.41. The van der Waals surface area contributed by atoms with E-state index in [9.17, 15) is 0 Å². The number of hydrogen-bond donors (Lipinski definition) is 0. The number of halogens is 2. The van der Waals surface area contributed by atoms with Crippen LogP contribution in [0.4, 0.5) is 0 Å². The molecule has 28 heavy (non-hydrogen) atoms. The molecule has 2 aromatic rings. The van der Waals surface area contributed by atoms with Gasteiger partial charge in [0.2, 0.25) is 0 Å². The average molecular weight is 454 g/mol. The van der Waals surface area contributed by atoms with Gasteiger partial charge in [0, 0.05) is 6.42 Å². The second-order valence-corrected chi connectivity index (χ2v) is 7.11. The summed E-state index contributed by atoms with van der Waals surface area (Å²) in [6.45, 7) is 0. The second kappa shape index (κ2) is 13.7. The second-order valence-electron chi connectivity index (χ2n) is 5.29. The first-order valence-electron chi connectivity index (χ1n) is 8.17. The van der Waals surface area contributed by atoms with E-state index in [0.717, 1.165) is 22.5 Å². The van der Waals surface area contributed by atoms with Crippen molar-refractivity contribution in [3.63, 3.8) is 0 Å². The molecule has 0 radical (unpaired) electrons. The quantitative estimate of drug-likeness (QED) is 0.323. The molecule has 1 aliphatic heterocycles. The molecule has 2 aromatic carbocycles. The van der Waals surface area contributed by atoms with E-state index < -0.39 is 0 Å². The zero-order valence-corrected chi connectivity index (χ0v) is 17.3. The van der Waals surface area contributed by atoms with Crippen molar-refractivity contribution in [3.05, 3.63) is 83.6 Å². The molecule has 5 nitrogen and oxygen atoms in total. The van der Waals surface area contributed by atoms with Crippen LogP contribution in [0.3, 0.4) is 0 Å². The van der Waals surface area contributed by atoms with Crippen molar-refractivity contribution < 1.29 is 13.1 Å². The van der Waals surface area contributed by atoms with Crippen LogP contribution in [0.15, 0.2) is 97.8 Å². The van der Waals surface area contributed by atoms with Crippen molar-refractivity contribution in [1.82, 2.24) is 0 Å². The molecule has 8 heteroatoms. The van der Waals surface area contributed by atoms with Crippen LogP contribution in [-0.4, -0.2) is 30.6 Å². The van der Waals surface area contributed by atoms with Gasteiger partial charge >= 0.3 is 33.3 Å². The van der Waals surface area contributed by atoms with Gasteiger partial charge in [-0.2, -0.15) is 20.4 Å². The molecule has 0 bridgehead atoms. The van der Waals surface area contributed by atoms with Gasteiger partial charge in [-0.15, -0.1) is 0 Å². The van der Waals surface area contributed by atoms with Gasteiger partial charge in [0.15, 0.2) is 0 Å². The molecule has 0 aromatic heterocycles. The summed E-state index contributed by atoms with van der Waals surface area (Å²) < 4.78 is 0. The van der Waals surface area contributed by atoms with Crippen LogP contribution in [0, 0.1) is 0 Å². The Labute approximate surface area is 178 Å². The van der Waals surface area contributed by atoms with E-state index in [1.807, 2.05) is 66.7 Å². The van der Waals surface area contributed by atoms with E-state index in [1.165, 1.54) is 0 Å². The van der Waals surface area contributed by atoms with Gasteiger partial charge in [-0.1, -0.05) is 66.7 Å². The molecule has 1 heterocycles. The predicted molar refractivity (Wildman–Crippen MR) is 117 cm³/mol. The Morgan fingerprint density at radius 2 is 1.18 bits per heavy atom. The average Bonchev–Trinajstić information content (AvgIpc) is 3.19. The van der Waals surface area contributed by atoms with Crippen molar-refractivity contribution in [2.75, 3.05) is 0 Å². The zero-order chi connectivity index (χ0) is 19.9. The number of hydrogen-bond acceptors (Lipinski definition) is 5. The number of aliphatic imine (C=N–C) groups is 1. The molecule has 1 aliphatic rings.